The van der Waals surface area contributed by atoms with E-state index in [1.54, 1.807) is 18.2 Å². The molecular weight excluding hydrogens is 553 g/mol. The van der Waals surface area contributed by atoms with Gasteiger partial charge in [-0.15, -0.1) is 0 Å². The molecule has 0 bridgehead atoms. The van der Waals surface area contributed by atoms with Crippen LogP contribution in [0.5, 0.6) is 5.75 Å². The average Bonchev–Trinajstić information content (AvgIpc) is 3.24. The normalized spacial score (nSPS) is 20.9. The number of piperazine rings is 1. The molecule has 5 rings (SSSR count). The van der Waals surface area contributed by atoms with E-state index in [-0.39, 0.29) is 64.0 Å². The second-order valence-electron chi connectivity index (χ2n) is 9.91. The molecule has 3 amide bonds. The van der Waals surface area contributed by atoms with Gasteiger partial charge in [0, 0.05) is 50.3 Å². The number of imide groups is 1. The molecule has 40 heavy (non-hydrogen) atoms. The first kappa shape index (κ1) is 28.1. The Balaban J connectivity index is 1.16. The first-order chi connectivity index (χ1) is 18.9. The highest BCUT2D eigenvalue weighted by Crippen LogP contribution is 2.34. The topological polar surface area (TPSA) is 116 Å². The van der Waals surface area contributed by atoms with Gasteiger partial charge in [0.25, 0.3) is 5.91 Å². The predicted octanol–water partition coefficient (Wildman–Crippen LogP) is 1.99. The fourth-order valence-corrected chi connectivity index (χ4v) is 6.06. The summed E-state index contributed by atoms with van der Waals surface area (Å²) in [7, 11) is -5.31. The summed E-state index contributed by atoms with van der Waals surface area (Å²) < 4.78 is 68.0. The van der Waals surface area contributed by atoms with E-state index in [1.165, 1.54) is 4.90 Å². The molecule has 0 aromatic heterocycles. The minimum Gasteiger partial charge on any atom is -0.489 e. The van der Waals surface area contributed by atoms with Gasteiger partial charge in [-0.1, -0.05) is 30.3 Å². The number of piperidine rings is 1. The molecule has 2 saturated heterocycles. The van der Waals surface area contributed by atoms with Crippen molar-refractivity contribution in [3.63, 3.8) is 0 Å². The molecule has 2 fully saturated rings. The van der Waals surface area contributed by atoms with Crippen LogP contribution in [0.4, 0.5) is 13.2 Å². The third-order valence-corrected chi connectivity index (χ3v) is 8.96. The number of hydrogen-bond acceptors (Lipinski definition) is 7. The number of carbonyl (C=O) groups excluding carboxylic acids is 3. The molecule has 3 heterocycles. The number of benzene rings is 2. The number of fused-ring (bicyclic) bond motifs is 1. The molecule has 2 aromatic rings. The van der Waals surface area contributed by atoms with Crippen LogP contribution >= 0.6 is 0 Å². The van der Waals surface area contributed by atoms with E-state index in [4.69, 9.17) is 4.74 Å². The number of alkyl halides is 3. The van der Waals surface area contributed by atoms with Crippen LogP contribution < -0.4 is 10.1 Å². The first-order valence-corrected chi connectivity index (χ1v) is 14.1. The van der Waals surface area contributed by atoms with E-state index in [1.807, 2.05) is 29.2 Å². The number of hydrogen-bond donors (Lipinski definition) is 1. The van der Waals surface area contributed by atoms with Gasteiger partial charge in [0.2, 0.25) is 11.8 Å². The van der Waals surface area contributed by atoms with Gasteiger partial charge < -0.3 is 9.64 Å². The first-order valence-electron chi connectivity index (χ1n) is 12.7. The maximum atomic E-state index is 13.0. The number of nitrogens with one attached hydrogen (secondary N) is 1. The van der Waals surface area contributed by atoms with Crippen LogP contribution in [-0.2, 0) is 39.3 Å². The lowest BCUT2D eigenvalue weighted by Gasteiger charge is -2.34. The molecule has 0 saturated carbocycles. The van der Waals surface area contributed by atoms with Crippen molar-refractivity contribution in [3.05, 3.63) is 64.7 Å². The summed E-state index contributed by atoms with van der Waals surface area (Å²) in [5.74, 6) is -0.583. The Labute approximate surface area is 228 Å². The summed E-state index contributed by atoms with van der Waals surface area (Å²) in [6.45, 7) is 0.814. The standard InChI is InChI=1S/C26H27F3N4O6S/c27-26(28,29)40(37,38)32-12-10-31(11-13-32)14-17-4-6-18(7-5-17)16-39-22-3-1-2-19-20(22)15-33(25(19)36)21-8-9-23(34)30-24(21)35/h1-7,21H,8-16H2,(H,30,34,35)/t21-/m0/s1. The number of ether oxygens (including phenoxy) is 1. The lowest BCUT2D eigenvalue weighted by atomic mass is 10.0. The SMILES string of the molecule is O=C1CC[C@H](N2Cc3c(OCc4ccc(CN5CCN(S(=O)(=O)C(F)(F)F)CC5)cc4)cccc3C2=O)C(=O)N1. The van der Waals surface area contributed by atoms with E-state index < -0.39 is 27.5 Å². The summed E-state index contributed by atoms with van der Waals surface area (Å²) in [4.78, 5) is 40.1. The highest BCUT2D eigenvalue weighted by molar-refractivity contribution is 7.90. The highest BCUT2D eigenvalue weighted by Gasteiger charge is 2.50. The Morgan fingerprint density at radius 3 is 2.27 bits per heavy atom. The van der Waals surface area contributed by atoms with E-state index in [2.05, 4.69) is 5.32 Å². The number of carbonyl (C=O) groups is 3. The fourth-order valence-electron chi connectivity index (χ4n) is 5.13. The van der Waals surface area contributed by atoms with Crippen LogP contribution in [0, 0.1) is 0 Å². The van der Waals surface area contributed by atoms with Gasteiger partial charge in [-0.2, -0.15) is 17.5 Å². The Morgan fingerprint density at radius 2 is 1.62 bits per heavy atom. The van der Waals surface area contributed by atoms with Crippen LogP contribution in [-0.4, -0.2) is 78.0 Å². The maximum absolute atomic E-state index is 13.0. The summed E-state index contributed by atoms with van der Waals surface area (Å²) in [6.07, 6.45) is 0.446. The largest absolute Gasteiger partial charge is 0.511 e. The Kier molecular flexibility index (Phi) is 7.59. The zero-order valence-electron chi connectivity index (χ0n) is 21.3. The number of halogens is 3. The lowest BCUT2D eigenvalue weighted by molar-refractivity contribution is -0.136. The van der Waals surface area contributed by atoms with Crippen LogP contribution in [0.15, 0.2) is 42.5 Å². The van der Waals surface area contributed by atoms with Crippen molar-refractivity contribution in [2.75, 3.05) is 26.2 Å². The van der Waals surface area contributed by atoms with Gasteiger partial charge in [-0.3, -0.25) is 24.6 Å². The van der Waals surface area contributed by atoms with Gasteiger partial charge in [0.1, 0.15) is 18.4 Å². The number of sulfonamides is 1. The molecule has 1 atom stereocenters. The summed E-state index contributed by atoms with van der Waals surface area (Å²) in [5, 5.41) is 2.29. The highest BCUT2D eigenvalue weighted by atomic mass is 32.2. The van der Waals surface area contributed by atoms with Gasteiger partial charge in [-0.25, -0.2) is 8.42 Å². The maximum Gasteiger partial charge on any atom is 0.511 e. The van der Waals surface area contributed by atoms with E-state index in [0.717, 1.165) is 11.1 Å². The molecule has 0 unspecified atom stereocenters. The van der Waals surface area contributed by atoms with Gasteiger partial charge in [0.05, 0.1) is 6.54 Å². The quantitative estimate of drug-likeness (QED) is 0.498. The third-order valence-electron chi connectivity index (χ3n) is 7.33. The Morgan fingerprint density at radius 1 is 0.950 bits per heavy atom. The summed E-state index contributed by atoms with van der Waals surface area (Å²) in [5.41, 5.74) is -2.38. The fraction of sp³-hybridized carbons (Fsp3) is 0.423. The lowest BCUT2D eigenvalue weighted by Crippen LogP contribution is -2.52. The second kappa shape index (κ2) is 10.8. The van der Waals surface area contributed by atoms with Crippen molar-refractivity contribution in [2.24, 2.45) is 0 Å². The number of amides is 3. The van der Waals surface area contributed by atoms with Gasteiger partial charge in [0.15, 0.2) is 0 Å². The molecule has 0 spiro atoms. The number of rotatable bonds is 7. The molecule has 214 valence electrons. The van der Waals surface area contributed by atoms with Crippen molar-refractivity contribution in [1.82, 2.24) is 19.4 Å². The van der Waals surface area contributed by atoms with Crippen LogP contribution in [0.1, 0.15) is 39.9 Å². The molecule has 14 heteroatoms. The van der Waals surface area contributed by atoms with E-state index >= 15 is 0 Å². The van der Waals surface area contributed by atoms with Crippen molar-refractivity contribution in [1.29, 1.82) is 0 Å². The average molecular weight is 581 g/mol. The van der Waals surface area contributed by atoms with Crippen LogP contribution in [0.2, 0.25) is 0 Å². The van der Waals surface area contributed by atoms with Gasteiger partial charge in [-0.05, 0) is 29.7 Å². The summed E-state index contributed by atoms with van der Waals surface area (Å²) >= 11 is 0. The molecule has 0 radical (unpaired) electrons. The van der Waals surface area contributed by atoms with E-state index in [9.17, 15) is 36.0 Å². The van der Waals surface area contributed by atoms with Crippen molar-refractivity contribution >= 4 is 27.7 Å². The molecule has 1 N–H and O–H groups in total. The van der Waals surface area contributed by atoms with Crippen molar-refractivity contribution in [3.8, 4) is 5.75 Å². The molecule has 10 nitrogen and oxygen atoms in total. The zero-order valence-corrected chi connectivity index (χ0v) is 22.1. The Bertz CT molecular complexity index is 1420. The number of nitrogens with zero attached hydrogens (tertiary/aromatic N) is 3. The van der Waals surface area contributed by atoms with Gasteiger partial charge >= 0.3 is 15.5 Å². The molecule has 3 aliphatic rings. The van der Waals surface area contributed by atoms with Crippen LogP contribution in [0.25, 0.3) is 0 Å². The van der Waals surface area contributed by atoms with Crippen molar-refractivity contribution in [2.45, 2.75) is 44.1 Å². The molecule has 3 aliphatic heterocycles. The zero-order chi connectivity index (χ0) is 28.7. The van der Waals surface area contributed by atoms with Crippen molar-refractivity contribution < 1.29 is 40.7 Å². The molecule has 2 aromatic carbocycles. The summed E-state index contributed by atoms with van der Waals surface area (Å²) in [6, 6.07) is 11.9. The third kappa shape index (κ3) is 5.56. The molecular formula is C26H27F3N4O6S. The van der Waals surface area contributed by atoms with E-state index in [0.29, 0.717) is 27.7 Å². The Hall–Kier alpha value is -3.49. The second-order valence-corrected chi connectivity index (χ2v) is 11.8. The predicted molar refractivity (Wildman–Crippen MR) is 135 cm³/mol. The molecule has 0 aliphatic carbocycles. The minimum atomic E-state index is -5.31. The van der Waals surface area contributed by atoms with Crippen LogP contribution in [0.3, 0.4) is 0 Å². The smallest absolute Gasteiger partial charge is 0.489 e. The minimum absolute atomic E-state index is 0.173. The monoisotopic (exact) mass is 580 g/mol.